The van der Waals surface area contributed by atoms with Crippen LogP contribution in [-0.2, 0) is 6.42 Å². The lowest BCUT2D eigenvalue weighted by Gasteiger charge is -2.38. The van der Waals surface area contributed by atoms with Gasteiger partial charge in [-0.2, -0.15) is 0 Å². The van der Waals surface area contributed by atoms with E-state index < -0.39 is 0 Å². The van der Waals surface area contributed by atoms with Crippen molar-refractivity contribution in [3.05, 3.63) is 34.9 Å². The second-order valence-electron chi connectivity index (χ2n) is 6.43. The molecular formula is C17H25N. The standard InChI is InChI=1S/C17H25N/c1-4-18-10-14(11-18)9-15-5-6-16(7-12(15)2)17-8-13(17)3/h5-7,13-14,17H,4,8-11H2,1-3H3/t13-,17+/m1/s1. The van der Waals surface area contributed by atoms with Crippen molar-refractivity contribution in [1.29, 1.82) is 0 Å². The van der Waals surface area contributed by atoms with Crippen molar-refractivity contribution in [1.82, 2.24) is 4.90 Å². The lowest BCUT2D eigenvalue weighted by atomic mass is 9.89. The Bertz CT molecular complexity index is 431. The molecule has 2 fully saturated rings. The maximum Gasteiger partial charge on any atom is 0.00251 e. The molecule has 0 spiro atoms. The van der Waals surface area contributed by atoms with E-state index in [1.54, 1.807) is 11.1 Å². The topological polar surface area (TPSA) is 3.24 Å². The van der Waals surface area contributed by atoms with Gasteiger partial charge >= 0.3 is 0 Å². The molecule has 1 heterocycles. The van der Waals surface area contributed by atoms with Crippen molar-refractivity contribution in [2.45, 2.75) is 39.5 Å². The van der Waals surface area contributed by atoms with Gasteiger partial charge in [0, 0.05) is 13.1 Å². The van der Waals surface area contributed by atoms with E-state index in [2.05, 4.69) is 43.9 Å². The summed E-state index contributed by atoms with van der Waals surface area (Å²) in [6.07, 6.45) is 2.68. The van der Waals surface area contributed by atoms with Gasteiger partial charge in [-0.1, -0.05) is 32.0 Å². The summed E-state index contributed by atoms with van der Waals surface area (Å²) in [7, 11) is 0. The van der Waals surface area contributed by atoms with Gasteiger partial charge < -0.3 is 4.90 Å². The molecule has 1 heteroatoms. The summed E-state index contributed by atoms with van der Waals surface area (Å²) in [6, 6.07) is 7.22. The van der Waals surface area contributed by atoms with E-state index in [-0.39, 0.29) is 0 Å². The first-order valence-corrected chi connectivity index (χ1v) is 7.49. The Morgan fingerprint density at radius 1 is 1.28 bits per heavy atom. The zero-order chi connectivity index (χ0) is 12.7. The van der Waals surface area contributed by atoms with Crippen LogP contribution in [0.3, 0.4) is 0 Å². The molecule has 2 aliphatic rings. The summed E-state index contributed by atoms with van der Waals surface area (Å²) in [6.45, 7) is 10.7. The molecule has 0 bridgehead atoms. The highest BCUT2D eigenvalue weighted by atomic mass is 15.2. The number of nitrogens with zero attached hydrogens (tertiary/aromatic N) is 1. The summed E-state index contributed by atoms with van der Waals surface area (Å²) < 4.78 is 0. The predicted molar refractivity (Wildman–Crippen MR) is 77.0 cm³/mol. The third-order valence-corrected chi connectivity index (χ3v) is 4.89. The first kappa shape index (κ1) is 12.2. The lowest BCUT2D eigenvalue weighted by molar-refractivity contribution is 0.108. The molecule has 2 atom stereocenters. The SMILES string of the molecule is CCN1CC(Cc2ccc([C@H]3C[C@H]3C)cc2C)C1. The Kier molecular flexibility index (Phi) is 3.19. The molecule has 0 aromatic heterocycles. The first-order valence-electron chi connectivity index (χ1n) is 7.49. The van der Waals surface area contributed by atoms with Crippen molar-refractivity contribution >= 4 is 0 Å². The van der Waals surface area contributed by atoms with Crippen molar-refractivity contribution in [3.8, 4) is 0 Å². The Morgan fingerprint density at radius 2 is 2.00 bits per heavy atom. The molecule has 0 amide bonds. The van der Waals surface area contributed by atoms with Crippen LogP contribution in [0.5, 0.6) is 0 Å². The van der Waals surface area contributed by atoms with Gasteiger partial charge in [0.25, 0.3) is 0 Å². The van der Waals surface area contributed by atoms with E-state index in [1.807, 2.05) is 0 Å². The molecule has 1 saturated heterocycles. The Labute approximate surface area is 111 Å². The van der Waals surface area contributed by atoms with Crippen molar-refractivity contribution in [2.24, 2.45) is 11.8 Å². The Balaban J connectivity index is 1.63. The zero-order valence-electron chi connectivity index (χ0n) is 11.9. The molecule has 3 rings (SSSR count). The third-order valence-electron chi connectivity index (χ3n) is 4.89. The largest absolute Gasteiger partial charge is 0.303 e. The summed E-state index contributed by atoms with van der Waals surface area (Å²) in [4.78, 5) is 2.53. The van der Waals surface area contributed by atoms with E-state index >= 15 is 0 Å². The molecular weight excluding hydrogens is 218 g/mol. The van der Waals surface area contributed by atoms with E-state index in [9.17, 15) is 0 Å². The van der Waals surface area contributed by atoms with Gasteiger partial charge in [-0.05, 0) is 60.8 Å². The van der Waals surface area contributed by atoms with Gasteiger partial charge in [-0.25, -0.2) is 0 Å². The minimum Gasteiger partial charge on any atom is -0.303 e. The van der Waals surface area contributed by atoms with Gasteiger partial charge in [0.1, 0.15) is 0 Å². The normalized spacial score (nSPS) is 28.2. The summed E-state index contributed by atoms with van der Waals surface area (Å²) >= 11 is 0. The van der Waals surface area contributed by atoms with Gasteiger partial charge in [-0.15, -0.1) is 0 Å². The van der Waals surface area contributed by atoms with Crippen LogP contribution >= 0.6 is 0 Å². The molecule has 1 aromatic rings. The summed E-state index contributed by atoms with van der Waals surface area (Å²) in [5.74, 6) is 2.67. The predicted octanol–water partition coefficient (Wildman–Crippen LogP) is 3.61. The molecule has 1 aliphatic carbocycles. The molecule has 0 N–H and O–H groups in total. The second kappa shape index (κ2) is 4.70. The molecule has 0 unspecified atom stereocenters. The Morgan fingerprint density at radius 3 is 2.56 bits per heavy atom. The first-order chi connectivity index (χ1) is 8.67. The van der Waals surface area contributed by atoms with Crippen LogP contribution in [0.2, 0.25) is 0 Å². The quantitative estimate of drug-likeness (QED) is 0.781. The number of likely N-dealkylation sites (tertiary alicyclic amines) is 1. The second-order valence-corrected chi connectivity index (χ2v) is 6.43. The molecule has 98 valence electrons. The maximum absolute atomic E-state index is 2.53. The minimum atomic E-state index is 0.858. The molecule has 1 aromatic carbocycles. The van der Waals surface area contributed by atoms with Gasteiger partial charge in [0.15, 0.2) is 0 Å². The lowest BCUT2D eigenvalue weighted by Crippen LogP contribution is -2.47. The highest BCUT2D eigenvalue weighted by Crippen LogP contribution is 2.47. The number of hydrogen-bond acceptors (Lipinski definition) is 1. The number of aryl methyl sites for hydroxylation is 1. The number of benzene rings is 1. The van der Waals surface area contributed by atoms with Crippen LogP contribution in [0.4, 0.5) is 0 Å². The van der Waals surface area contributed by atoms with Crippen molar-refractivity contribution in [3.63, 3.8) is 0 Å². The van der Waals surface area contributed by atoms with Crippen LogP contribution in [0.25, 0.3) is 0 Å². The monoisotopic (exact) mass is 243 g/mol. The molecule has 1 saturated carbocycles. The highest BCUT2D eigenvalue weighted by Gasteiger charge is 2.34. The minimum absolute atomic E-state index is 0.858. The zero-order valence-corrected chi connectivity index (χ0v) is 11.9. The van der Waals surface area contributed by atoms with Crippen LogP contribution < -0.4 is 0 Å². The molecule has 1 nitrogen and oxygen atoms in total. The van der Waals surface area contributed by atoms with E-state index in [1.165, 1.54) is 38.0 Å². The maximum atomic E-state index is 2.53. The van der Waals surface area contributed by atoms with Crippen LogP contribution in [0.15, 0.2) is 18.2 Å². The molecule has 1 aliphatic heterocycles. The van der Waals surface area contributed by atoms with Crippen LogP contribution in [0, 0.1) is 18.8 Å². The highest BCUT2D eigenvalue weighted by molar-refractivity contribution is 5.35. The smallest absolute Gasteiger partial charge is 0.00251 e. The van der Waals surface area contributed by atoms with Gasteiger partial charge in [0.2, 0.25) is 0 Å². The fourth-order valence-corrected chi connectivity index (χ4v) is 3.34. The molecule has 0 radical (unpaired) electrons. The van der Waals surface area contributed by atoms with Crippen molar-refractivity contribution < 1.29 is 0 Å². The number of hydrogen-bond donors (Lipinski definition) is 0. The number of rotatable bonds is 4. The Hall–Kier alpha value is -0.820. The average molecular weight is 243 g/mol. The van der Waals surface area contributed by atoms with E-state index in [4.69, 9.17) is 0 Å². The van der Waals surface area contributed by atoms with Gasteiger partial charge in [0.05, 0.1) is 0 Å². The molecule has 18 heavy (non-hydrogen) atoms. The fraction of sp³-hybridized carbons (Fsp3) is 0.647. The average Bonchev–Trinajstić information content (AvgIpc) is 3.02. The third kappa shape index (κ3) is 2.33. The van der Waals surface area contributed by atoms with Gasteiger partial charge in [-0.3, -0.25) is 0 Å². The van der Waals surface area contributed by atoms with Crippen LogP contribution in [0.1, 0.15) is 42.9 Å². The van der Waals surface area contributed by atoms with E-state index in [0.29, 0.717) is 0 Å². The summed E-state index contributed by atoms with van der Waals surface area (Å²) in [5.41, 5.74) is 4.67. The fourth-order valence-electron chi connectivity index (χ4n) is 3.34. The summed E-state index contributed by atoms with van der Waals surface area (Å²) in [5, 5.41) is 0. The van der Waals surface area contributed by atoms with Crippen molar-refractivity contribution in [2.75, 3.05) is 19.6 Å². The van der Waals surface area contributed by atoms with Crippen LogP contribution in [-0.4, -0.2) is 24.5 Å². The van der Waals surface area contributed by atoms with E-state index in [0.717, 1.165) is 17.8 Å².